The summed E-state index contributed by atoms with van der Waals surface area (Å²) in [6.45, 7) is 0.249. The summed E-state index contributed by atoms with van der Waals surface area (Å²) in [6, 6.07) is 0. The molecule has 0 aliphatic heterocycles. The maximum atomic E-state index is 10.1. The first-order valence-corrected chi connectivity index (χ1v) is 4.50. The highest BCUT2D eigenvalue weighted by Crippen LogP contribution is 2.05. The second-order valence-corrected chi connectivity index (χ2v) is 3.01. The van der Waals surface area contributed by atoms with Crippen molar-refractivity contribution in [1.82, 2.24) is 5.23 Å². The van der Waals surface area contributed by atoms with Crippen LogP contribution in [0.4, 0.5) is 0 Å². The van der Waals surface area contributed by atoms with Crippen molar-refractivity contribution in [3.63, 3.8) is 0 Å². The third kappa shape index (κ3) is 11.3. The first-order chi connectivity index (χ1) is 6.13. The summed E-state index contributed by atoms with van der Waals surface area (Å²) in [7, 11) is 0. The molecule has 0 aliphatic rings. The molecule has 3 N–H and O–H groups in total. The van der Waals surface area contributed by atoms with Crippen molar-refractivity contribution < 1.29 is 20.3 Å². The van der Waals surface area contributed by atoms with Gasteiger partial charge in [-0.2, -0.15) is 0 Å². The number of nitrogens with zero attached hydrogens (tertiary/aromatic N) is 1. The molecule has 0 spiro atoms. The van der Waals surface area contributed by atoms with Crippen molar-refractivity contribution in [2.75, 3.05) is 6.54 Å². The average molecular weight is 191 g/mol. The Labute approximate surface area is 77.5 Å². The summed E-state index contributed by atoms with van der Waals surface area (Å²) < 4.78 is 0. The van der Waals surface area contributed by atoms with Gasteiger partial charge < -0.3 is 5.11 Å². The minimum Gasteiger partial charge on any atom is -0.481 e. The number of hydrogen-bond donors (Lipinski definition) is 3. The normalized spacial score (nSPS) is 10.7. The van der Waals surface area contributed by atoms with E-state index in [1.54, 1.807) is 0 Å². The highest BCUT2D eigenvalue weighted by atomic mass is 16.8. The van der Waals surface area contributed by atoms with Crippen LogP contribution >= 0.6 is 0 Å². The largest absolute Gasteiger partial charge is 0.481 e. The topological polar surface area (TPSA) is 81.0 Å². The molecule has 0 atom stereocenters. The SMILES string of the molecule is O=C(O)CCCCCCCN(O)O. The zero-order chi connectivity index (χ0) is 10.1. The fourth-order valence-corrected chi connectivity index (χ4v) is 1.06. The Morgan fingerprint density at radius 1 is 1.00 bits per heavy atom. The third-order valence-electron chi connectivity index (χ3n) is 1.75. The van der Waals surface area contributed by atoms with Crippen LogP contribution in [0.15, 0.2) is 0 Å². The molecule has 5 heteroatoms. The van der Waals surface area contributed by atoms with Crippen LogP contribution in [-0.2, 0) is 4.79 Å². The summed E-state index contributed by atoms with van der Waals surface area (Å²) in [6.07, 6.45) is 4.39. The van der Waals surface area contributed by atoms with Crippen LogP contribution in [0.25, 0.3) is 0 Å². The highest BCUT2D eigenvalue weighted by Gasteiger charge is 1.97. The standard InChI is InChI=1S/C8H17NO4/c10-8(11)6-4-2-1-3-5-7-9(12)13/h12-13H,1-7H2,(H,10,11). The zero-order valence-corrected chi connectivity index (χ0v) is 7.65. The molecular weight excluding hydrogens is 174 g/mol. The minimum absolute atomic E-state index is 0.178. The first-order valence-electron chi connectivity index (χ1n) is 4.50. The van der Waals surface area contributed by atoms with Crippen LogP contribution in [-0.4, -0.2) is 33.3 Å². The van der Waals surface area contributed by atoms with Gasteiger partial charge in [0.25, 0.3) is 0 Å². The Morgan fingerprint density at radius 3 is 2.08 bits per heavy atom. The predicted molar refractivity (Wildman–Crippen MR) is 45.6 cm³/mol. The van der Waals surface area contributed by atoms with E-state index in [2.05, 4.69) is 0 Å². The van der Waals surface area contributed by atoms with E-state index in [0.717, 1.165) is 25.7 Å². The van der Waals surface area contributed by atoms with Gasteiger partial charge in [-0.1, -0.05) is 24.5 Å². The predicted octanol–water partition coefficient (Wildman–Crippen LogP) is 1.49. The molecule has 0 rings (SSSR count). The van der Waals surface area contributed by atoms with Gasteiger partial charge in [-0.25, -0.2) is 0 Å². The van der Waals surface area contributed by atoms with Crippen LogP contribution in [0.5, 0.6) is 0 Å². The van der Waals surface area contributed by atoms with Gasteiger partial charge in [0.1, 0.15) is 0 Å². The zero-order valence-electron chi connectivity index (χ0n) is 7.65. The molecule has 5 nitrogen and oxygen atoms in total. The summed E-state index contributed by atoms with van der Waals surface area (Å²) in [4.78, 5) is 10.1. The summed E-state index contributed by atoms with van der Waals surface area (Å²) >= 11 is 0. The van der Waals surface area contributed by atoms with E-state index >= 15 is 0 Å². The number of carboxylic acids is 1. The lowest BCUT2D eigenvalue weighted by Crippen LogP contribution is -2.14. The van der Waals surface area contributed by atoms with Crippen LogP contribution in [0.3, 0.4) is 0 Å². The van der Waals surface area contributed by atoms with Crippen LogP contribution in [0.1, 0.15) is 38.5 Å². The molecule has 0 aliphatic carbocycles. The lowest BCUT2D eigenvalue weighted by atomic mass is 10.1. The van der Waals surface area contributed by atoms with Gasteiger partial charge in [-0.3, -0.25) is 15.2 Å². The monoisotopic (exact) mass is 191 g/mol. The van der Waals surface area contributed by atoms with E-state index < -0.39 is 5.97 Å². The van der Waals surface area contributed by atoms with E-state index in [1.807, 2.05) is 0 Å². The molecule has 0 aromatic heterocycles. The molecule has 0 fully saturated rings. The molecule has 0 aromatic rings. The smallest absolute Gasteiger partial charge is 0.303 e. The number of rotatable bonds is 8. The van der Waals surface area contributed by atoms with E-state index in [9.17, 15) is 4.79 Å². The molecule has 0 aromatic carbocycles. The van der Waals surface area contributed by atoms with Crippen molar-refractivity contribution in [2.24, 2.45) is 0 Å². The van der Waals surface area contributed by atoms with Crippen molar-refractivity contribution in [2.45, 2.75) is 38.5 Å². The molecule has 0 saturated carbocycles. The number of hydroxylamine groups is 2. The summed E-state index contributed by atoms with van der Waals surface area (Å²) in [5, 5.41) is 25.2. The van der Waals surface area contributed by atoms with Crippen LogP contribution in [0, 0.1) is 0 Å². The van der Waals surface area contributed by atoms with Crippen molar-refractivity contribution in [3.8, 4) is 0 Å². The van der Waals surface area contributed by atoms with Gasteiger partial charge in [0.2, 0.25) is 0 Å². The Morgan fingerprint density at radius 2 is 1.54 bits per heavy atom. The molecule has 0 unspecified atom stereocenters. The number of carbonyl (C=O) groups is 1. The molecule has 0 saturated heterocycles. The Hall–Kier alpha value is -0.650. The molecule has 0 radical (unpaired) electrons. The maximum Gasteiger partial charge on any atom is 0.303 e. The van der Waals surface area contributed by atoms with E-state index in [0.29, 0.717) is 6.42 Å². The first kappa shape index (κ1) is 12.3. The van der Waals surface area contributed by atoms with Gasteiger partial charge in [-0.15, -0.1) is 0 Å². The number of aliphatic carboxylic acids is 1. The van der Waals surface area contributed by atoms with Crippen molar-refractivity contribution >= 4 is 5.97 Å². The van der Waals surface area contributed by atoms with Crippen molar-refractivity contribution in [1.29, 1.82) is 0 Å². The quantitative estimate of drug-likeness (QED) is 0.400. The maximum absolute atomic E-state index is 10.1. The lowest BCUT2D eigenvalue weighted by molar-refractivity contribution is -0.306. The third-order valence-corrected chi connectivity index (χ3v) is 1.75. The van der Waals surface area contributed by atoms with Gasteiger partial charge >= 0.3 is 5.97 Å². The summed E-state index contributed by atoms with van der Waals surface area (Å²) in [5.74, 6) is -0.753. The molecule has 0 heterocycles. The Balaban J connectivity index is 2.96. The van der Waals surface area contributed by atoms with Gasteiger partial charge in [-0.05, 0) is 12.8 Å². The van der Waals surface area contributed by atoms with Crippen LogP contribution < -0.4 is 0 Å². The Kier molecular flexibility index (Phi) is 7.57. The lowest BCUT2D eigenvalue weighted by Gasteiger charge is -2.04. The second kappa shape index (κ2) is 7.97. The Bertz CT molecular complexity index is 138. The van der Waals surface area contributed by atoms with E-state index in [1.165, 1.54) is 0 Å². The van der Waals surface area contributed by atoms with E-state index in [-0.39, 0.29) is 18.2 Å². The number of unbranched alkanes of at least 4 members (excludes halogenated alkanes) is 4. The molecule has 0 bridgehead atoms. The molecule has 78 valence electrons. The highest BCUT2D eigenvalue weighted by molar-refractivity contribution is 5.66. The van der Waals surface area contributed by atoms with Gasteiger partial charge in [0.15, 0.2) is 0 Å². The summed E-state index contributed by atoms with van der Waals surface area (Å²) in [5.41, 5.74) is 0. The van der Waals surface area contributed by atoms with Crippen molar-refractivity contribution in [3.05, 3.63) is 0 Å². The molecule has 13 heavy (non-hydrogen) atoms. The number of hydrogen-bond acceptors (Lipinski definition) is 4. The van der Waals surface area contributed by atoms with Gasteiger partial charge in [0.05, 0.1) is 6.54 Å². The van der Waals surface area contributed by atoms with E-state index in [4.69, 9.17) is 15.5 Å². The fourth-order valence-electron chi connectivity index (χ4n) is 1.06. The van der Waals surface area contributed by atoms with Crippen LogP contribution in [0.2, 0.25) is 0 Å². The molecular formula is C8H17NO4. The van der Waals surface area contributed by atoms with Gasteiger partial charge in [0, 0.05) is 6.42 Å². The molecule has 0 amide bonds. The average Bonchev–Trinajstić information content (AvgIpc) is 2.01. The number of carboxylic acid groups (broad SMARTS) is 1. The minimum atomic E-state index is -0.753. The fraction of sp³-hybridized carbons (Fsp3) is 0.875. The second-order valence-electron chi connectivity index (χ2n) is 3.01.